The van der Waals surface area contributed by atoms with Gasteiger partial charge in [0.05, 0.1) is 6.10 Å². The standard InChI is InChI=1S/C6H9IO/c1-4-5(7)2-3-6(4)8/h6,8H,2-3H2,1H3/t6-/m1/s1. The maximum absolute atomic E-state index is 9.11. The zero-order chi connectivity index (χ0) is 6.15. The van der Waals surface area contributed by atoms with Crippen molar-refractivity contribution < 1.29 is 5.11 Å². The van der Waals surface area contributed by atoms with E-state index in [0.29, 0.717) is 0 Å². The first-order valence-electron chi connectivity index (χ1n) is 2.75. The van der Waals surface area contributed by atoms with Crippen LogP contribution in [0.4, 0.5) is 0 Å². The van der Waals surface area contributed by atoms with E-state index in [1.165, 1.54) is 9.15 Å². The molecule has 46 valence electrons. The van der Waals surface area contributed by atoms with Crippen molar-refractivity contribution in [3.63, 3.8) is 0 Å². The molecule has 1 N–H and O–H groups in total. The van der Waals surface area contributed by atoms with Crippen LogP contribution in [0.2, 0.25) is 0 Å². The molecule has 1 rings (SSSR count). The van der Waals surface area contributed by atoms with Crippen molar-refractivity contribution in [3.8, 4) is 0 Å². The van der Waals surface area contributed by atoms with E-state index < -0.39 is 0 Å². The lowest BCUT2D eigenvalue weighted by atomic mass is 10.2. The topological polar surface area (TPSA) is 20.2 Å². The second kappa shape index (κ2) is 2.35. The van der Waals surface area contributed by atoms with Gasteiger partial charge in [0.15, 0.2) is 0 Å². The number of rotatable bonds is 0. The highest BCUT2D eigenvalue weighted by Gasteiger charge is 2.16. The second-order valence-electron chi connectivity index (χ2n) is 2.14. The Morgan fingerprint density at radius 3 is 2.50 bits per heavy atom. The molecule has 8 heavy (non-hydrogen) atoms. The minimum Gasteiger partial charge on any atom is -0.389 e. The lowest BCUT2D eigenvalue weighted by molar-refractivity contribution is 0.212. The quantitative estimate of drug-likeness (QED) is 0.622. The first-order chi connectivity index (χ1) is 3.72. The molecule has 0 aromatic rings. The highest BCUT2D eigenvalue weighted by Crippen LogP contribution is 2.30. The molecule has 1 nitrogen and oxygen atoms in total. The molecule has 0 heterocycles. The molecule has 0 saturated carbocycles. The SMILES string of the molecule is CC1=C(I)CC[C@H]1O. The van der Waals surface area contributed by atoms with Crippen molar-refractivity contribution in [3.05, 3.63) is 9.15 Å². The van der Waals surface area contributed by atoms with Gasteiger partial charge in [-0.2, -0.15) is 0 Å². The summed E-state index contributed by atoms with van der Waals surface area (Å²) < 4.78 is 1.34. The van der Waals surface area contributed by atoms with E-state index in [9.17, 15) is 0 Å². The average Bonchev–Trinajstić information content (AvgIpc) is 1.98. The van der Waals surface area contributed by atoms with Gasteiger partial charge in [-0.1, -0.05) is 0 Å². The fraction of sp³-hybridized carbons (Fsp3) is 0.667. The lowest BCUT2D eigenvalue weighted by Gasteiger charge is -1.98. The number of hydrogen-bond acceptors (Lipinski definition) is 1. The van der Waals surface area contributed by atoms with Gasteiger partial charge >= 0.3 is 0 Å². The van der Waals surface area contributed by atoms with Crippen LogP contribution in [0.5, 0.6) is 0 Å². The van der Waals surface area contributed by atoms with Crippen LogP contribution in [0.15, 0.2) is 9.15 Å². The minimum atomic E-state index is -0.137. The van der Waals surface area contributed by atoms with Gasteiger partial charge in [-0.15, -0.1) is 0 Å². The van der Waals surface area contributed by atoms with E-state index in [1.807, 2.05) is 6.92 Å². The molecule has 1 aliphatic carbocycles. The number of aliphatic hydroxyl groups is 1. The first kappa shape index (κ1) is 6.55. The molecule has 2 heteroatoms. The maximum atomic E-state index is 9.11. The van der Waals surface area contributed by atoms with Crippen LogP contribution in [0, 0.1) is 0 Å². The first-order valence-corrected chi connectivity index (χ1v) is 3.83. The number of allylic oxidation sites excluding steroid dienone is 1. The van der Waals surface area contributed by atoms with Crippen LogP contribution in [0.25, 0.3) is 0 Å². The van der Waals surface area contributed by atoms with Crippen molar-refractivity contribution in [2.45, 2.75) is 25.9 Å². The van der Waals surface area contributed by atoms with Crippen LogP contribution < -0.4 is 0 Å². The molecule has 0 amide bonds. The summed E-state index contributed by atoms with van der Waals surface area (Å²) in [6.45, 7) is 2.00. The van der Waals surface area contributed by atoms with E-state index in [-0.39, 0.29) is 6.10 Å². The summed E-state index contributed by atoms with van der Waals surface area (Å²) >= 11 is 2.29. The van der Waals surface area contributed by atoms with Crippen LogP contribution in [0.3, 0.4) is 0 Å². The molecule has 1 atom stereocenters. The van der Waals surface area contributed by atoms with Gasteiger partial charge in [0, 0.05) is 0 Å². The molecular weight excluding hydrogens is 215 g/mol. The molecule has 1 aliphatic rings. The van der Waals surface area contributed by atoms with Crippen molar-refractivity contribution in [1.29, 1.82) is 0 Å². The Kier molecular flexibility index (Phi) is 1.92. The van der Waals surface area contributed by atoms with Crippen molar-refractivity contribution in [1.82, 2.24) is 0 Å². The zero-order valence-electron chi connectivity index (χ0n) is 4.82. The summed E-state index contributed by atoms with van der Waals surface area (Å²) in [5.74, 6) is 0. The molecule has 0 fully saturated rings. The van der Waals surface area contributed by atoms with Crippen molar-refractivity contribution in [2.24, 2.45) is 0 Å². The van der Waals surface area contributed by atoms with Gasteiger partial charge in [0.2, 0.25) is 0 Å². The second-order valence-corrected chi connectivity index (χ2v) is 3.44. The van der Waals surface area contributed by atoms with Crippen LogP contribution in [-0.2, 0) is 0 Å². The summed E-state index contributed by atoms with van der Waals surface area (Å²) in [6, 6.07) is 0. The van der Waals surface area contributed by atoms with E-state index >= 15 is 0 Å². The van der Waals surface area contributed by atoms with Crippen molar-refractivity contribution >= 4 is 22.6 Å². The highest BCUT2D eigenvalue weighted by molar-refractivity contribution is 14.1. The van der Waals surface area contributed by atoms with Gasteiger partial charge in [0.1, 0.15) is 0 Å². The fourth-order valence-corrected chi connectivity index (χ4v) is 1.53. The monoisotopic (exact) mass is 224 g/mol. The molecule has 0 aromatic heterocycles. The Balaban J connectivity index is 2.71. The van der Waals surface area contributed by atoms with E-state index in [4.69, 9.17) is 5.11 Å². The van der Waals surface area contributed by atoms with Gasteiger partial charge in [-0.3, -0.25) is 0 Å². The Morgan fingerprint density at radius 1 is 1.75 bits per heavy atom. The summed E-state index contributed by atoms with van der Waals surface area (Å²) in [4.78, 5) is 0. The maximum Gasteiger partial charge on any atom is 0.0760 e. The molecular formula is C6H9IO. The Labute approximate surface area is 62.9 Å². The fourth-order valence-electron chi connectivity index (χ4n) is 0.858. The molecule has 0 radical (unpaired) electrons. The molecule has 0 unspecified atom stereocenters. The Hall–Kier alpha value is 0.430. The average molecular weight is 224 g/mol. The largest absolute Gasteiger partial charge is 0.389 e. The molecule has 0 bridgehead atoms. The van der Waals surface area contributed by atoms with Gasteiger partial charge in [-0.05, 0) is 51.5 Å². The summed E-state index contributed by atoms with van der Waals surface area (Å²) in [6.07, 6.45) is 1.87. The lowest BCUT2D eigenvalue weighted by Crippen LogP contribution is -2.00. The van der Waals surface area contributed by atoms with Gasteiger partial charge in [0.25, 0.3) is 0 Å². The number of hydrogen-bond donors (Lipinski definition) is 1. The summed E-state index contributed by atoms with van der Waals surface area (Å²) in [5.41, 5.74) is 1.17. The third-order valence-electron chi connectivity index (χ3n) is 1.56. The molecule has 0 saturated heterocycles. The minimum absolute atomic E-state index is 0.137. The van der Waals surface area contributed by atoms with Crippen LogP contribution >= 0.6 is 22.6 Å². The third kappa shape index (κ3) is 1.05. The van der Waals surface area contributed by atoms with Crippen molar-refractivity contribution in [2.75, 3.05) is 0 Å². The smallest absolute Gasteiger partial charge is 0.0760 e. The van der Waals surface area contributed by atoms with E-state index in [2.05, 4.69) is 22.6 Å². The normalized spacial score (nSPS) is 29.6. The van der Waals surface area contributed by atoms with E-state index in [0.717, 1.165) is 12.8 Å². The van der Waals surface area contributed by atoms with Gasteiger partial charge < -0.3 is 5.11 Å². The predicted molar refractivity (Wildman–Crippen MR) is 42.0 cm³/mol. The van der Waals surface area contributed by atoms with E-state index in [1.54, 1.807) is 0 Å². The van der Waals surface area contributed by atoms with Crippen LogP contribution in [-0.4, -0.2) is 11.2 Å². The number of aliphatic hydroxyl groups excluding tert-OH is 1. The van der Waals surface area contributed by atoms with Gasteiger partial charge in [-0.25, -0.2) is 0 Å². The summed E-state index contributed by atoms with van der Waals surface area (Å²) in [5, 5.41) is 9.11. The Morgan fingerprint density at radius 2 is 2.38 bits per heavy atom. The zero-order valence-corrected chi connectivity index (χ0v) is 6.97. The molecule has 0 spiro atoms. The predicted octanol–water partition coefficient (Wildman–Crippen LogP) is 1.85. The highest BCUT2D eigenvalue weighted by atomic mass is 127. The molecule has 0 aromatic carbocycles. The Bertz CT molecular complexity index is 128. The van der Waals surface area contributed by atoms with Crippen LogP contribution in [0.1, 0.15) is 19.8 Å². The third-order valence-corrected chi connectivity index (χ3v) is 2.96. The molecule has 0 aliphatic heterocycles. The summed E-state index contributed by atoms with van der Waals surface area (Å²) in [7, 11) is 0. The number of halogens is 1.